The summed E-state index contributed by atoms with van der Waals surface area (Å²) in [7, 11) is -2.21. The Morgan fingerprint density at radius 1 is 1.00 bits per heavy atom. The van der Waals surface area contributed by atoms with Crippen molar-refractivity contribution in [1.82, 2.24) is 20.1 Å². The molecule has 0 aliphatic heterocycles. The number of carbonyl (C=O) groups excluding carboxylic acids is 2. The maximum Gasteiger partial charge on any atom is 0.255 e. The third-order valence-corrected chi connectivity index (χ3v) is 7.03. The molecule has 2 aromatic carbocycles. The first kappa shape index (κ1) is 30.3. The highest BCUT2D eigenvalue weighted by atomic mass is 32.2. The van der Waals surface area contributed by atoms with Crippen LogP contribution in [0.15, 0.2) is 67.3 Å². The Kier molecular flexibility index (Phi) is 8.67. The molecule has 2 heterocycles. The smallest absolute Gasteiger partial charge is 0.255 e. The molecule has 4 rings (SSSR count). The number of benzene rings is 2. The number of hydrogen-bond donors (Lipinski definition) is 3. The minimum Gasteiger partial charge on any atom is -0.492 e. The molecule has 2 aromatic heterocycles. The van der Waals surface area contributed by atoms with Crippen LogP contribution >= 0.6 is 0 Å². The molecular weight excluding hydrogens is 556 g/mol. The summed E-state index contributed by atoms with van der Waals surface area (Å²) in [6.45, 7) is 8.14. The maximum atomic E-state index is 13.5. The van der Waals surface area contributed by atoms with Crippen molar-refractivity contribution in [2.24, 2.45) is 0 Å². The SMILES string of the molecule is COc1c(NC(=O)c2ccc(C)c(-n3cc(C(=O)NCc4cccnc4)cn3)c2)cc(C(C)(C)C)cc1NS(C)(=O)=O. The summed E-state index contributed by atoms with van der Waals surface area (Å²) < 4.78 is 33.6. The lowest BCUT2D eigenvalue weighted by atomic mass is 9.86. The predicted molar refractivity (Wildman–Crippen MR) is 162 cm³/mol. The molecular formula is C30H34N6O5S. The molecule has 0 bridgehead atoms. The van der Waals surface area contributed by atoms with Crippen LogP contribution in [0, 0.1) is 6.92 Å². The Labute approximate surface area is 245 Å². The van der Waals surface area contributed by atoms with E-state index in [0.717, 1.165) is 22.9 Å². The molecule has 0 aliphatic rings. The molecule has 11 nitrogen and oxygen atoms in total. The van der Waals surface area contributed by atoms with Crippen molar-refractivity contribution in [3.63, 3.8) is 0 Å². The van der Waals surface area contributed by atoms with E-state index in [1.807, 2.05) is 33.8 Å². The number of aromatic nitrogens is 3. The predicted octanol–water partition coefficient (Wildman–Crippen LogP) is 4.44. The molecule has 0 unspecified atom stereocenters. The molecule has 0 spiro atoms. The van der Waals surface area contributed by atoms with E-state index in [9.17, 15) is 18.0 Å². The lowest BCUT2D eigenvalue weighted by Gasteiger charge is -2.24. The monoisotopic (exact) mass is 590 g/mol. The number of pyridine rings is 1. The van der Waals surface area contributed by atoms with Gasteiger partial charge in [0.25, 0.3) is 11.8 Å². The molecule has 42 heavy (non-hydrogen) atoms. The van der Waals surface area contributed by atoms with E-state index in [4.69, 9.17) is 4.74 Å². The van der Waals surface area contributed by atoms with E-state index >= 15 is 0 Å². The van der Waals surface area contributed by atoms with Crippen LogP contribution in [0.4, 0.5) is 11.4 Å². The fourth-order valence-electron chi connectivity index (χ4n) is 4.20. The largest absolute Gasteiger partial charge is 0.492 e. The van der Waals surface area contributed by atoms with E-state index < -0.39 is 15.9 Å². The second-order valence-corrected chi connectivity index (χ2v) is 12.7. The van der Waals surface area contributed by atoms with E-state index in [1.165, 1.54) is 13.3 Å². The molecule has 0 radical (unpaired) electrons. The Hall–Kier alpha value is -4.71. The lowest BCUT2D eigenvalue weighted by molar-refractivity contribution is 0.0950. The van der Waals surface area contributed by atoms with Crippen molar-refractivity contribution in [3.05, 3.63) is 95.1 Å². The van der Waals surface area contributed by atoms with Crippen molar-refractivity contribution in [1.29, 1.82) is 0 Å². The normalized spacial score (nSPS) is 11.6. The summed E-state index contributed by atoms with van der Waals surface area (Å²) in [5.41, 5.74) is 3.99. The number of rotatable bonds is 9. The lowest BCUT2D eigenvalue weighted by Crippen LogP contribution is -2.22. The number of hydrogen-bond acceptors (Lipinski definition) is 7. The molecule has 0 saturated carbocycles. The highest BCUT2D eigenvalue weighted by Crippen LogP contribution is 2.39. The van der Waals surface area contributed by atoms with Gasteiger partial charge in [0.1, 0.15) is 0 Å². The topological polar surface area (TPSA) is 144 Å². The van der Waals surface area contributed by atoms with E-state index in [-0.39, 0.29) is 22.8 Å². The van der Waals surface area contributed by atoms with Crippen LogP contribution in [0.3, 0.4) is 0 Å². The van der Waals surface area contributed by atoms with Gasteiger partial charge in [-0.25, -0.2) is 13.1 Å². The number of methoxy groups -OCH3 is 1. The molecule has 4 aromatic rings. The van der Waals surface area contributed by atoms with Gasteiger partial charge in [-0.2, -0.15) is 5.10 Å². The molecule has 220 valence electrons. The van der Waals surface area contributed by atoms with Gasteiger partial charge in [0, 0.05) is 30.7 Å². The number of nitrogens with one attached hydrogen (secondary N) is 3. The Morgan fingerprint density at radius 3 is 2.38 bits per heavy atom. The van der Waals surface area contributed by atoms with Crippen molar-refractivity contribution in [3.8, 4) is 11.4 Å². The van der Waals surface area contributed by atoms with E-state index in [2.05, 4.69) is 25.4 Å². The first-order valence-electron chi connectivity index (χ1n) is 13.1. The molecule has 0 atom stereocenters. The summed E-state index contributed by atoms with van der Waals surface area (Å²) in [6.07, 6.45) is 7.46. The maximum absolute atomic E-state index is 13.5. The third-order valence-electron chi connectivity index (χ3n) is 6.44. The van der Waals surface area contributed by atoms with Crippen molar-refractivity contribution in [2.45, 2.75) is 39.7 Å². The second kappa shape index (κ2) is 12.0. The van der Waals surface area contributed by atoms with Gasteiger partial charge in [0.2, 0.25) is 10.0 Å². The van der Waals surface area contributed by atoms with Crippen molar-refractivity contribution < 1.29 is 22.7 Å². The third kappa shape index (κ3) is 7.32. The Balaban J connectivity index is 1.60. The zero-order valence-corrected chi connectivity index (χ0v) is 25.2. The number of aryl methyl sites for hydroxylation is 1. The minimum atomic E-state index is -3.62. The van der Waals surface area contributed by atoms with Gasteiger partial charge in [0.15, 0.2) is 5.75 Å². The molecule has 0 aliphatic carbocycles. The molecule has 12 heteroatoms. The first-order chi connectivity index (χ1) is 19.7. The summed E-state index contributed by atoms with van der Waals surface area (Å²) in [5.74, 6) is -0.545. The van der Waals surface area contributed by atoms with Gasteiger partial charge in [0.05, 0.1) is 42.2 Å². The van der Waals surface area contributed by atoms with Gasteiger partial charge in [-0.3, -0.25) is 19.3 Å². The van der Waals surface area contributed by atoms with Gasteiger partial charge in [-0.05, 0) is 59.4 Å². The standard InChI is InChI=1S/C30H34N6O5S/c1-19-9-10-21(12-26(19)36-18-22(17-33-36)28(37)32-16-20-8-7-11-31-15-20)29(38)34-24-13-23(30(2,3)4)14-25(27(24)41-5)35-42(6,39)40/h7-15,17-18,35H,16H2,1-6H3,(H,32,37)(H,34,38). The second-order valence-electron chi connectivity index (χ2n) is 10.9. The minimum absolute atomic E-state index is 0.183. The zero-order valence-electron chi connectivity index (χ0n) is 24.3. The molecule has 0 fully saturated rings. The quantitative estimate of drug-likeness (QED) is 0.261. The number of sulfonamides is 1. The number of amides is 2. The van der Waals surface area contributed by atoms with Crippen molar-refractivity contribution >= 4 is 33.2 Å². The highest BCUT2D eigenvalue weighted by molar-refractivity contribution is 7.92. The van der Waals surface area contributed by atoms with E-state index in [1.54, 1.807) is 59.7 Å². The van der Waals surface area contributed by atoms with Gasteiger partial charge >= 0.3 is 0 Å². The summed E-state index contributed by atoms with van der Waals surface area (Å²) in [6, 6.07) is 12.3. The van der Waals surface area contributed by atoms with Crippen LogP contribution in [0.5, 0.6) is 5.75 Å². The van der Waals surface area contributed by atoms with Crippen LogP contribution in [-0.4, -0.2) is 48.4 Å². The molecule has 3 N–H and O–H groups in total. The van der Waals surface area contributed by atoms with Crippen LogP contribution in [0.2, 0.25) is 0 Å². The van der Waals surface area contributed by atoms with Crippen LogP contribution in [0.25, 0.3) is 5.69 Å². The number of ether oxygens (including phenoxy) is 1. The van der Waals surface area contributed by atoms with E-state index in [0.29, 0.717) is 29.0 Å². The van der Waals surface area contributed by atoms with Crippen LogP contribution in [0.1, 0.15) is 58.2 Å². The number of carbonyl (C=O) groups is 2. The van der Waals surface area contributed by atoms with Gasteiger partial charge in [-0.15, -0.1) is 0 Å². The Bertz CT molecular complexity index is 1730. The summed E-state index contributed by atoms with van der Waals surface area (Å²) in [4.78, 5) is 30.2. The number of nitrogens with zero attached hydrogens (tertiary/aromatic N) is 3. The Morgan fingerprint density at radius 2 is 1.74 bits per heavy atom. The van der Waals surface area contributed by atoms with Crippen LogP contribution in [-0.2, 0) is 22.0 Å². The fourth-order valence-corrected chi connectivity index (χ4v) is 4.75. The highest BCUT2D eigenvalue weighted by Gasteiger charge is 2.23. The van der Waals surface area contributed by atoms with Gasteiger partial charge < -0.3 is 15.4 Å². The first-order valence-corrected chi connectivity index (χ1v) is 15.0. The van der Waals surface area contributed by atoms with Gasteiger partial charge in [-0.1, -0.05) is 32.9 Å². The average Bonchev–Trinajstić information content (AvgIpc) is 3.41. The zero-order chi connectivity index (χ0) is 30.7. The van der Waals surface area contributed by atoms with Crippen molar-refractivity contribution in [2.75, 3.05) is 23.4 Å². The average molecular weight is 591 g/mol. The summed E-state index contributed by atoms with van der Waals surface area (Å²) in [5, 5.41) is 10.1. The van der Waals surface area contributed by atoms with Crippen LogP contribution < -0.4 is 20.1 Å². The number of anilines is 2. The summed E-state index contributed by atoms with van der Waals surface area (Å²) >= 11 is 0. The molecule has 2 amide bonds. The molecule has 0 saturated heterocycles. The fraction of sp³-hybridized carbons (Fsp3) is 0.267.